The third kappa shape index (κ3) is 4.01. The minimum absolute atomic E-state index is 0.0391. The number of ether oxygens (including phenoxy) is 2. The number of fused-ring (bicyclic) bond motifs is 4. The Hall–Kier alpha value is -2.78. The van der Waals surface area contributed by atoms with Gasteiger partial charge in [-0.05, 0) is 44.4 Å². The van der Waals surface area contributed by atoms with Gasteiger partial charge in [0.25, 0.3) is 0 Å². The molecule has 2 aliphatic rings. The average Bonchev–Trinajstić information content (AvgIpc) is 3.12. The molecule has 2 aliphatic heterocycles. The number of nitrogens with zero attached hydrogens (tertiary/aromatic N) is 3. The van der Waals surface area contributed by atoms with E-state index in [0.29, 0.717) is 19.6 Å². The maximum absolute atomic E-state index is 13.1. The zero-order valence-electron chi connectivity index (χ0n) is 20.8. The summed E-state index contributed by atoms with van der Waals surface area (Å²) in [7, 11) is 5.13. The number of piperidine rings is 1. The molecule has 34 heavy (non-hydrogen) atoms. The molecule has 0 radical (unpaired) electrons. The summed E-state index contributed by atoms with van der Waals surface area (Å²) < 4.78 is 12.7. The molecule has 0 unspecified atom stereocenters. The van der Waals surface area contributed by atoms with Crippen molar-refractivity contribution >= 4 is 22.8 Å². The minimum atomic E-state index is -0.464. The number of rotatable bonds is 5. The molecule has 9 heteroatoms. The van der Waals surface area contributed by atoms with Gasteiger partial charge in [-0.15, -0.1) is 0 Å². The van der Waals surface area contributed by atoms with Crippen molar-refractivity contribution in [1.29, 1.82) is 0 Å². The molecule has 1 aromatic heterocycles. The van der Waals surface area contributed by atoms with E-state index in [0.717, 1.165) is 35.2 Å². The molecule has 4 rings (SSSR count). The molecule has 1 spiro atoms. The summed E-state index contributed by atoms with van der Waals surface area (Å²) in [4.78, 5) is 29.4. The number of urea groups is 1. The molecule has 1 aromatic carbocycles. The Balaban J connectivity index is 1.82. The summed E-state index contributed by atoms with van der Waals surface area (Å²) >= 11 is 0. The molecular weight excluding hydrogens is 436 g/mol. The smallest absolute Gasteiger partial charge is 0.317 e. The molecule has 186 valence electrons. The van der Waals surface area contributed by atoms with Gasteiger partial charge < -0.3 is 34.3 Å². The SMILES string of the molecule is COCC(=O)N1CC2(CCN(C(=O)NC(C)C)CC2)c2c(n(C)c3cc(OC)ccc23)[C@H]1CO. The predicted octanol–water partition coefficient (Wildman–Crippen LogP) is 2.16. The van der Waals surface area contributed by atoms with E-state index in [1.165, 1.54) is 12.7 Å². The monoisotopic (exact) mass is 472 g/mol. The molecule has 1 fully saturated rings. The number of likely N-dealkylation sites (tertiary alicyclic amines) is 1. The first kappa shape index (κ1) is 24.3. The highest BCUT2D eigenvalue weighted by Crippen LogP contribution is 2.50. The van der Waals surface area contributed by atoms with Crippen molar-refractivity contribution in [2.75, 3.05) is 47.1 Å². The average molecular weight is 473 g/mol. The van der Waals surface area contributed by atoms with Crippen molar-refractivity contribution in [3.05, 3.63) is 29.5 Å². The molecule has 0 saturated carbocycles. The molecule has 0 bridgehead atoms. The molecule has 3 heterocycles. The van der Waals surface area contributed by atoms with E-state index in [4.69, 9.17) is 9.47 Å². The summed E-state index contributed by atoms with van der Waals surface area (Å²) in [5.74, 6) is 0.613. The third-order valence-corrected chi connectivity index (χ3v) is 7.33. The Morgan fingerprint density at radius 2 is 1.94 bits per heavy atom. The first-order chi connectivity index (χ1) is 16.3. The van der Waals surface area contributed by atoms with Crippen LogP contribution in [0.25, 0.3) is 10.9 Å². The quantitative estimate of drug-likeness (QED) is 0.695. The number of hydrogen-bond acceptors (Lipinski definition) is 5. The maximum atomic E-state index is 13.1. The van der Waals surface area contributed by atoms with Crippen LogP contribution in [-0.2, 0) is 22.0 Å². The molecular formula is C25H36N4O5. The first-order valence-corrected chi connectivity index (χ1v) is 11.9. The Morgan fingerprint density at radius 1 is 1.24 bits per heavy atom. The Bertz CT molecular complexity index is 1070. The van der Waals surface area contributed by atoms with Gasteiger partial charge in [0.15, 0.2) is 0 Å². The fraction of sp³-hybridized carbons (Fsp3) is 0.600. The van der Waals surface area contributed by atoms with Gasteiger partial charge in [-0.2, -0.15) is 0 Å². The van der Waals surface area contributed by atoms with Crippen LogP contribution in [-0.4, -0.2) is 84.5 Å². The number of aryl methyl sites for hydroxylation is 1. The number of aliphatic hydroxyl groups excluding tert-OH is 1. The second-order valence-electron chi connectivity index (χ2n) is 9.73. The zero-order valence-corrected chi connectivity index (χ0v) is 20.8. The van der Waals surface area contributed by atoms with Crippen LogP contribution in [0, 0.1) is 0 Å². The number of nitrogens with one attached hydrogen (secondary N) is 1. The van der Waals surface area contributed by atoms with E-state index in [9.17, 15) is 14.7 Å². The van der Waals surface area contributed by atoms with Gasteiger partial charge in [0.1, 0.15) is 12.4 Å². The largest absolute Gasteiger partial charge is 0.497 e. The van der Waals surface area contributed by atoms with Gasteiger partial charge in [-0.25, -0.2) is 4.79 Å². The number of hydrogen-bond donors (Lipinski definition) is 2. The Morgan fingerprint density at radius 3 is 2.53 bits per heavy atom. The van der Waals surface area contributed by atoms with Crippen LogP contribution < -0.4 is 10.1 Å². The highest BCUT2D eigenvalue weighted by molar-refractivity contribution is 5.90. The lowest BCUT2D eigenvalue weighted by Crippen LogP contribution is -2.57. The molecule has 9 nitrogen and oxygen atoms in total. The van der Waals surface area contributed by atoms with Crippen LogP contribution in [0.1, 0.15) is 44.0 Å². The summed E-state index contributed by atoms with van der Waals surface area (Å²) in [6.07, 6.45) is 1.46. The molecule has 1 saturated heterocycles. The van der Waals surface area contributed by atoms with Gasteiger partial charge in [0.2, 0.25) is 5.91 Å². The molecule has 1 atom stereocenters. The number of aliphatic hydroxyl groups is 1. The van der Waals surface area contributed by atoms with Gasteiger partial charge >= 0.3 is 6.03 Å². The van der Waals surface area contributed by atoms with Crippen molar-refractivity contribution in [3.63, 3.8) is 0 Å². The first-order valence-electron chi connectivity index (χ1n) is 11.9. The van der Waals surface area contributed by atoms with Crippen LogP contribution in [0.3, 0.4) is 0 Å². The van der Waals surface area contributed by atoms with Crippen molar-refractivity contribution in [1.82, 2.24) is 19.7 Å². The van der Waals surface area contributed by atoms with Crippen molar-refractivity contribution < 1.29 is 24.2 Å². The standard InChI is InChI=1S/C25H36N4O5/c1-16(2)26-24(32)28-10-8-25(9-11-28)15-29(21(31)14-33-4)20(13-30)23-22(25)18-7-6-17(34-5)12-19(18)27(23)3/h6-7,12,16,20,30H,8-11,13-15H2,1-5H3,(H,26,32)/t20-/m1/s1. The topological polar surface area (TPSA) is 96.3 Å². The number of methoxy groups -OCH3 is 2. The lowest BCUT2D eigenvalue weighted by Gasteiger charge is -2.50. The lowest BCUT2D eigenvalue weighted by molar-refractivity contribution is -0.141. The van der Waals surface area contributed by atoms with E-state index in [-0.39, 0.29) is 36.6 Å². The highest BCUT2D eigenvalue weighted by atomic mass is 16.5. The van der Waals surface area contributed by atoms with Crippen molar-refractivity contribution in [2.45, 2.75) is 44.2 Å². The van der Waals surface area contributed by atoms with Crippen LogP contribution in [0.5, 0.6) is 5.75 Å². The van der Waals surface area contributed by atoms with E-state index < -0.39 is 6.04 Å². The fourth-order valence-electron chi connectivity index (χ4n) is 5.71. The second kappa shape index (κ2) is 9.46. The lowest BCUT2D eigenvalue weighted by atomic mass is 9.68. The number of aromatic nitrogens is 1. The number of carbonyl (C=O) groups is 2. The molecule has 2 N–H and O–H groups in total. The van der Waals surface area contributed by atoms with Crippen molar-refractivity contribution in [2.24, 2.45) is 7.05 Å². The highest BCUT2D eigenvalue weighted by Gasteiger charge is 2.49. The van der Waals surface area contributed by atoms with Gasteiger partial charge in [0.05, 0.1) is 25.3 Å². The zero-order chi connectivity index (χ0) is 24.6. The van der Waals surface area contributed by atoms with Gasteiger partial charge in [-0.3, -0.25) is 4.79 Å². The van der Waals surface area contributed by atoms with Gasteiger partial charge in [-0.1, -0.05) is 0 Å². The summed E-state index contributed by atoms with van der Waals surface area (Å²) in [6, 6.07) is 5.59. The van der Waals surface area contributed by atoms with E-state index >= 15 is 0 Å². The normalized spacial score (nSPS) is 19.6. The van der Waals surface area contributed by atoms with E-state index in [1.54, 1.807) is 12.0 Å². The predicted molar refractivity (Wildman–Crippen MR) is 129 cm³/mol. The van der Waals surface area contributed by atoms with Gasteiger partial charge in [0, 0.05) is 62.4 Å². The van der Waals surface area contributed by atoms with E-state index in [2.05, 4.69) is 16.0 Å². The number of amides is 3. The number of carbonyl (C=O) groups excluding carboxylic acids is 2. The summed E-state index contributed by atoms with van der Waals surface area (Å²) in [5.41, 5.74) is 2.80. The fourth-order valence-corrected chi connectivity index (χ4v) is 5.71. The molecule has 3 amide bonds. The summed E-state index contributed by atoms with van der Waals surface area (Å²) in [6.45, 7) is 5.37. The van der Waals surface area contributed by atoms with Crippen LogP contribution in [0.2, 0.25) is 0 Å². The second-order valence-corrected chi connectivity index (χ2v) is 9.73. The van der Waals surface area contributed by atoms with E-state index in [1.807, 2.05) is 37.9 Å². The maximum Gasteiger partial charge on any atom is 0.317 e. The Kier molecular flexibility index (Phi) is 6.78. The number of benzene rings is 1. The molecule has 2 aromatic rings. The third-order valence-electron chi connectivity index (χ3n) is 7.33. The van der Waals surface area contributed by atoms with Crippen molar-refractivity contribution in [3.8, 4) is 5.75 Å². The van der Waals surface area contributed by atoms with Crippen LogP contribution in [0.4, 0.5) is 4.79 Å². The minimum Gasteiger partial charge on any atom is -0.497 e. The van der Waals surface area contributed by atoms with Crippen LogP contribution in [0.15, 0.2) is 18.2 Å². The Labute approximate surface area is 200 Å². The summed E-state index contributed by atoms with van der Waals surface area (Å²) in [5, 5.41) is 14.5. The van der Waals surface area contributed by atoms with Crippen LogP contribution >= 0.6 is 0 Å². The molecule has 0 aliphatic carbocycles.